The van der Waals surface area contributed by atoms with Gasteiger partial charge in [-0.25, -0.2) is 4.98 Å². The van der Waals surface area contributed by atoms with Crippen LogP contribution in [0.1, 0.15) is 36.7 Å². The van der Waals surface area contributed by atoms with Crippen LogP contribution in [0, 0.1) is 5.92 Å². The highest BCUT2D eigenvalue weighted by molar-refractivity contribution is 5.99. The average Bonchev–Trinajstić information content (AvgIpc) is 2.36. The van der Waals surface area contributed by atoms with Crippen LogP contribution in [-0.2, 0) is 0 Å². The molecule has 3 rings (SSSR count). The van der Waals surface area contributed by atoms with Gasteiger partial charge in [-0.15, -0.1) is 0 Å². The van der Waals surface area contributed by atoms with Crippen molar-refractivity contribution in [3.8, 4) is 0 Å². The topological polar surface area (TPSA) is 68.0 Å². The molecule has 1 unspecified atom stereocenters. The molecule has 1 atom stereocenters. The van der Waals surface area contributed by atoms with E-state index in [0.717, 1.165) is 10.8 Å². The first kappa shape index (κ1) is 12.9. The quantitative estimate of drug-likeness (QED) is 0.900. The van der Waals surface area contributed by atoms with E-state index in [1.807, 2.05) is 24.3 Å². The summed E-state index contributed by atoms with van der Waals surface area (Å²) in [4.78, 5) is 16.5. The van der Waals surface area contributed by atoms with Gasteiger partial charge in [0, 0.05) is 11.4 Å². The highest BCUT2D eigenvalue weighted by Gasteiger charge is 2.25. The first-order chi connectivity index (χ1) is 9.65. The van der Waals surface area contributed by atoms with Crippen molar-refractivity contribution in [2.45, 2.75) is 32.2 Å². The van der Waals surface area contributed by atoms with Crippen molar-refractivity contribution in [3.63, 3.8) is 0 Å². The fraction of sp³-hybridized carbons (Fsp3) is 0.375. The molecule has 1 aromatic carbocycles. The van der Waals surface area contributed by atoms with E-state index in [-0.39, 0.29) is 11.9 Å². The van der Waals surface area contributed by atoms with Crippen LogP contribution in [0.2, 0.25) is 0 Å². The van der Waals surface area contributed by atoms with Crippen LogP contribution in [0.25, 0.3) is 10.8 Å². The van der Waals surface area contributed by atoms with Crippen molar-refractivity contribution in [1.82, 2.24) is 10.3 Å². The second kappa shape index (κ2) is 5.12. The number of nitrogens with zero attached hydrogens (tertiary/aromatic N) is 1. The van der Waals surface area contributed by atoms with Crippen LogP contribution in [0.3, 0.4) is 0 Å². The molecule has 0 radical (unpaired) electrons. The van der Waals surface area contributed by atoms with Crippen molar-refractivity contribution >= 4 is 22.5 Å². The molecule has 1 fully saturated rings. The lowest BCUT2D eigenvalue weighted by Crippen LogP contribution is -2.41. The average molecular weight is 269 g/mol. The van der Waals surface area contributed by atoms with Crippen molar-refractivity contribution in [3.05, 3.63) is 36.0 Å². The van der Waals surface area contributed by atoms with E-state index < -0.39 is 0 Å². The largest absolute Gasteiger partial charge is 0.383 e. The van der Waals surface area contributed by atoms with Gasteiger partial charge >= 0.3 is 0 Å². The zero-order valence-electron chi connectivity index (χ0n) is 11.6. The van der Waals surface area contributed by atoms with Gasteiger partial charge in [-0.3, -0.25) is 4.79 Å². The Kier molecular flexibility index (Phi) is 3.30. The van der Waals surface area contributed by atoms with Gasteiger partial charge in [-0.2, -0.15) is 0 Å². The number of amides is 1. The zero-order chi connectivity index (χ0) is 14.1. The molecule has 1 amide bonds. The molecular weight excluding hydrogens is 250 g/mol. The number of hydrogen-bond acceptors (Lipinski definition) is 3. The van der Waals surface area contributed by atoms with Gasteiger partial charge in [-0.05, 0) is 37.1 Å². The molecule has 4 heteroatoms. The van der Waals surface area contributed by atoms with Gasteiger partial charge in [-0.1, -0.05) is 30.7 Å². The Morgan fingerprint density at radius 2 is 2.15 bits per heavy atom. The summed E-state index contributed by atoms with van der Waals surface area (Å²) in [7, 11) is 0. The lowest BCUT2D eigenvalue weighted by atomic mass is 9.80. The highest BCUT2D eigenvalue weighted by atomic mass is 16.1. The Bertz CT molecular complexity index is 649. The SMILES string of the molecule is CC(NC(=O)c1cc2ccccc2c(N)n1)C1CCC1. The predicted octanol–water partition coefficient (Wildman–Crippen LogP) is 2.74. The summed E-state index contributed by atoms with van der Waals surface area (Å²) in [5.41, 5.74) is 6.33. The van der Waals surface area contributed by atoms with Crippen LogP contribution in [0.5, 0.6) is 0 Å². The highest BCUT2D eigenvalue weighted by Crippen LogP contribution is 2.29. The zero-order valence-corrected chi connectivity index (χ0v) is 11.6. The number of hydrogen-bond donors (Lipinski definition) is 2. The van der Waals surface area contributed by atoms with Crippen molar-refractivity contribution in [2.75, 3.05) is 5.73 Å². The molecule has 3 N–H and O–H groups in total. The number of carbonyl (C=O) groups is 1. The maximum atomic E-state index is 12.3. The summed E-state index contributed by atoms with van der Waals surface area (Å²) in [5, 5.41) is 4.86. The van der Waals surface area contributed by atoms with Crippen LogP contribution in [0.15, 0.2) is 30.3 Å². The number of benzene rings is 1. The number of nitrogens with one attached hydrogen (secondary N) is 1. The summed E-state index contributed by atoms with van der Waals surface area (Å²) in [6.07, 6.45) is 3.68. The smallest absolute Gasteiger partial charge is 0.270 e. The second-order valence-electron chi connectivity index (χ2n) is 5.57. The minimum atomic E-state index is -0.137. The van der Waals surface area contributed by atoms with E-state index in [9.17, 15) is 4.79 Å². The van der Waals surface area contributed by atoms with Crippen molar-refractivity contribution < 1.29 is 4.79 Å². The summed E-state index contributed by atoms with van der Waals surface area (Å²) in [5.74, 6) is 0.878. The summed E-state index contributed by atoms with van der Waals surface area (Å²) in [6.45, 7) is 2.06. The molecule has 1 heterocycles. The van der Waals surface area contributed by atoms with Gasteiger partial charge < -0.3 is 11.1 Å². The number of nitrogens with two attached hydrogens (primary N) is 1. The van der Waals surface area contributed by atoms with Crippen LogP contribution in [-0.4, -0.2) is 16.9 Å². The fourth-order valence-electron chi connectivity index (χ4n) is 2.68. The minimum absolute atomic E-state index is 0.137. The number of rotatable bonds is 3. The molecule has 1 aliphatic rings. The number of aromatic nitrogens is 1. The van der Waals surface area contributed by atoms with E-state index >= 15 is 0 Å². The monoisotopic (exact) mass is 269 g/mol. The maximum absolute atomic E-state index is 12.3. The lowest BCUT2D eigenvalue weighted by Gasteiger charge is -2.31. The van der Waals surface area contributed by atoms with Gasteiger partial charge in [0.25, 0.3) is 5.91 Å². The molecule has 0 aliphatic heterocycles. The number of anilines is 1. The van der Waals surface area contributed by atoms with Gasteiger partial charge in [0.15, 0.2) is 0 Å². The van der Waals surface area contributed by atoms with E-state index in [2.05, 4.69) is 17.2 Å². The molecular formula is C16H19N3O. The molecule has 20 heavy (non-hydrogen) atoms. The van der Waals surface area contributed by atoms with E-state index in [0.29, 0.717) is 17.4 Å². The summed E-state index contributed by atoms with van der Waals surface area (Å²) in [6, 6.07) is 9.70. The Morgan fingerprint density at radius 1 is 1.40 bits per heavy atom. The normalized spacial score (nSPS) is 16.6. The third-order valence-electron chi connectivity index (χ3n) is 4.22. The van der Waals surface area contributed by atoms with E-state index in [1.165, 1.54) is 19.3 Å². The fourth-order valence-corrected chi connectivity index (χ4v) is 2.68. The molecule has 1 aliphatic carbocycles. The Labute approximate surface area is 118 Å². The van der Waals surface area contributed by atoms with Crippen molar-refractivity contribution in [1.29, 1.82) is 0 Å². The Hall–Kier alpha value is -2.10. The molecule has 0 saturated heterocycles. The first-order valence-corrected chi connectivity index (χ1v) is 7.11. The Balaban J connectivity index is 1.84. The van der Waals surface area contributed by atoms with E-state index in [4.69, 9.17) is 5.73 Å². The number of carbonyl (C=O) groups excluding carboxylic acids is 1. The van der Waals surface area contributed by atoms with Crippen molar-refractivity contribution in [2.24, 2.45) is 5.92 Å². The van der Waals surface area contributed by atoms with Crippen LogP contribution >= 0.6 is 0 Å². The molecule has 104 valence electrons. The Morgan fingerprint density at radius 3 is 2.85 bits per heavy atom. The number of fused-ring (bicyclic) bond motifs is 1. The van der Waals surface area contributed by atoms with E-state index in [1.54, 1.807) is 6.07 Å². The first-order valence-electron chi connectivity index (χ1n) is 7.11. The second-order valence-corrected chi connectivity index (χ2v) is 5.57. The summed E-state index contributed by atoms with van der Waals surface area (Å²) < 4.78 is 0. The molecule has 1 saturated carbocycles. The molecule has 0 spiro atoms. The molecule has 0 bridgehead atoms. The summed E-state index contributed by atoms with van der Waals surface area (Å²) >= 11 is 0. The third-order valence-corrected chi connectivity index (χ3v) is 4.22. The molecule has 2 aromatic rings. The molecule has 1 aromatic heterocycles. The molecule has 4 nitrogen and oxygen atoms in total. The van der Waals surface area contributed by atoms with Gasteiger partial charge in [0.1, 0.15) is 11.5 Å². The predicted molar refractivity (Wildman–Crippen MR) is 80.4 cm³/mol. The van der Waals surface area contributed by atoms with Crippen LogP contribution in [0.4, 0.5) is 5.82 Å². The lowest BCUT2D eigenvalue weighted by molar-refractivity contribution is 0.0904. The van der Waals surface area contributed by atoms with Gasteiger partial charge in [0.05, 0.1) is 0 Å². The minimum Gasteiger partial charge on any atom is -0.383 e. The number of nitrogen functional groups attached to an aromatic ring is 1. The number of pyridine rings is 1. The van der Waals surface area contributed by atoms with Gasteiger partial charge in [0.2, 0.25) is 0 Å². The maximum Gasteiger partial charge on any atom is 0.270 e. The van der Waals surface area contributed by atoms with Crippen LogP contribution < -0.4 is 11.1 Å². The third kappa shape index (κ3) is 2.33. The standard InChI is InChI=1S/C16H19N3O/c1-10(11-6-4-7-11)18-16(20)14-9-12-5-2-3-8-13(12)15(17)19-14/h2-3,5,8-11H,4,6-7H2,1H3,(H2,17,19)(H,18,20).